The predicted molar refractivity (Wildman–Crippen MR) is 93.1 cm³/mol. The summed E-state index contributed by atoms with van der Waals surface area (Å²) in [7, 11) is 3.08. The van der Waals surface area contributed by atoms with Crippen molar-refractivity contribution < 1.29 is 14.3 Å². The summed E-state index contributed by atoms with van der Waals surface area (Å²) in [6, 6.07) is 6.57. The molecule has 0 aliphatic heterocycles. The minimum Gasteiger partial charge on any atom is -0.493 e. The highest BCUT2D eigenvalue weighted by Crippen LogP contribution is 2.29. The van der Waals surface area contributed by atoms with Gasteiger partial charge in [0.2, 0.25) is 5.91 Å². The van der Waals surface area contributed by atoms with Gasteiger partial charge in [0.1, 0.15) is 0 Å². The third kappa shape index (κ3) is 4.76. The Bertz CT molecular complexity index is 776. The number of H-pyrrole nitrogens is 1. The number of aromatic nitrogens is 2. The highest BCUT2D eigenvalue weighted by Gasteiger charge is 2.09. The largest absolute Gasteiger partial charge is 0.493 e. The summed E-state index contributed by atoms with van der Waals surface area (Å²) >= 11 is 1.17. The molecule has 1 heterocycles. The summed E-state index contributed by atoms with van der Waals surface area (Å²) in [5.74, 6) is 1.04. The number of aromatic amines is 1. The van der Waals surface area contributed by atoms with Crippen LogP contribution in [0.4, 0.5) is 5.69 Å². The lowest BCUT2D eigenvalue weighted by Gasteiger charge is -2.10. The molecule has 2 aromatic rings. The first-order valence-electron chi connectivity index (χ1n) is 7.30. The third-order valence-electron chi connectivity index (χ3n) is 3.14. The van der Waals surface area contributed by atoms with Gasteiger partial charge in [-0.25, -0.2) is 4.98 Å². The number of nitrogens with zero attached hydrogens (tertiary/aromatic N) is 1. The molecule has 0 aliphatic carbocycles. The van der Waals surface area contributed by atoms with Crippen LogP contribution < -0.4 is 20.3 Å². The van der Waals surface area contributed by atoms with Crippen LogP contribution in [0.1, 0.15) is 12.6 Å². The van der Waals surface area contributed by atoms with Crippen molar-refractivity contribution in [2.75, 3.05) is 25.3 Å². The number of rotatable bonds is 7. The number of benzene rings is 1. The number of nitrogens with one attached hydrogen (secondary N) is 2. The molecular weight excluding hydrogens is 330 g/mol. The van der Waals surface area contributed by atoms with Gasteiger partial charge in [-0.3, -0.25) is 9.59 Å². The smallest absolute Gasteiger partial charge is 0.251 e. The molecule has 0 saturated carbocycles. The van der Waals surface area contributed by atoms with Crippen LogP contribution in [0.3, 0.4) is 0 Å². The zero-order valence-electron chi connectivity index (χ0n) is 13.7. The fraction of sp³-hybridized carbons (Fsp3) is 0.312. The maximum absolute atomic E-state index is 12.1. The maximum atomic E-state index is 12.1. The van der Waals surface area contributed by atoms with Crippen molar-refractivity contribution in [2.24, 2.45) is 0 Å². The standard InChI is InChI=1S/C16H19N3O4S/c1-4-10-8-14(20)19-16(18-10)24-9-15(21)17-11-5-6-12(22-2)13(7-11)23-3/h5-8H,4,9H2,1-3H3,(H,17,21)(H,18,19,20). The van der Waals surface area contributed by atoms with E-state index in [1.54, 1.807) is 25.3 Å². The first-order chi connectivity index (χ1) is 11.5. The molecule has 1 aromatic heterocycles. The van der Waals surface area contributed by atoms with Gasteiger partial charge in [-0.15, -0.1) is 0 Å². The summed E-state index contributed by atoms with van der Waals surface area (Å²) < 4.78 is 10.3. The van der Waals surface area contributed by atoms with Gasteiger partial charge in [0.25, 0.3) is 5.56 Å². The van der Waals surface area contributed by atoms with E-state index in [0.717, 1.165) is 0 Å². The fourth-order valence-electron chi connectivity index (χ4n) is 1.98. The topological polar surface area (TPSA) is 93.3 Å². The molecule has 1 amide bonds. The van der Waals surface area contributed by atoms with Crippen LogP contribution in [0.15, 0.2) is 34.2 Å². The summed E-state index contributed by atoms with van der Waals surface area (Å²) in [4.78, 5) is 30.4. The Balaban J connectivity index is 1.99. The normalized spacial score (nSPS) is 10.3. The van der Waals surface area contributed by atoms with Gasteiger partial charge in [0, 0.05) is 23.5 Å². The lowest BCUT2D eigenvalue weighted by molar-refractivity contribution is -0.113. The van der Waals surface area contributed by atoms with E-state index in [1.807, 2.05) is 6.92 Å². The number of carbonyl (C=O) groups excluding carboxylic acids is 1. The number of anilines is 1. The molecule has 0 radical (unpaired) electrons. The van der Waals surface area contributed by atoms with Crippen LogP contribution >= 0.6 is 11.8 Å². The summed E-state index contributed by atoms with van der Waals surface area (Å²) in [5, 5.41) is 3.20. The van der Waals surface area contributed by atoms with E-state index in [0.29, 0.717) is 34.5 Å². The number of aryl methyl sites for hydroxylation is 1. The van der Waals surface area contributed by atoms with Gasteiger partial charge < -0.3 is 19.8 Å². The number of amides is 1. The number of hydrogen-bond donors (Lipinski definition) is 2. The molecule has 0 spiro atoms. The molecule has 2 rings (SSSR count). The van der Waals surface area contributed by atoms with E-state index in [9.17, 15) is 9.59 Å². The molecule has 2 N–H and O–H groups in total. The van der Waals surface area contributed by atoms with Gasteiger partial charge in [0.15, 0.2) is 16.7 Å². The molecular formula is C16H19N3O4S. The molecule has 0 saturated heterocycles. The second kappa shape index (κ2) is 8.39. The lowest BCUT2D eigenvalue weighted by Crippen LogP contribution is -2.16. The number of hydrogen-bond acceptors (Lipinski definition) is 6. The molecule has 0 atom stereocenters. The molecule has 24 heavy (non-hydrogen) atoms. The monoisotopic (exact) mass is 349 g/mol. The van der Waals surface area contributed by atoms with Gasteiger partial charge >= 0.3 is 0 Å². The van der Waals surface area contributed by atoms with Crippen molar-refractivity contribution in [1.82, 2.24) is 9.97 Å². The number of ether oxygens (including phenoxy) is 2. The van der Waals surface area contributed by atoms with Crippen LogP contribution in [0.5, 0.6) is 11.5 Å². The zero-order chi connectivity index (χ0) is 17.5. The molecule has 0 bridgehead atoms. The van der Waals surface area contributed by atoms with Crippen molar-refractivity contribution in [1.29, 1.82) is 0 Å². The Kier molecular flexibility index (Phi) is 6.25. The van der Waals surface area contributed by atoms with Crippen molar-refractivity contribution >= 4 is 23.4 Å². The average Bonchev–Trinajstić information content (AvgIpc) is 2.59. The number of thioether (sulfide) groups is 1. The van der Waals surface area contributed by atoms with Crippen LogP contribution in [0.2, 0.25) is 0 Å². The lowest BCUT2D eigenvalue weighted by atomic mass is 10.2. The summed E-state index contributed by atoms with van der Waals surface area (Å²) in [6.07, 6.45) is 0.662. The molecule has 0 unspecified atom stereocenters. The molecule has 0 aliphatic rings. The predicted octanol–water partition coefficient (Wildman–Crippen LogP) is 2.08. The molecule has 7 nitrogen and oxygen atoms in total. The highest BCUT2D eigenvalue weighted by atomic mass is 32.2. The Labute approximate surface area is 143 Å². The van der Waals surface area contributed by atoms with E-state index in [1.165, 1.54) is 24.9 Å². The van der Waals surface area contributed by atoms with E-state index in [4.69, 9.17) is 9.47 Å². The Morgan fingerprint density at radius 3 is 2.67 bits per heavy atom. The first kappa shape index (κ1) is 17.9. The molecule has 0 fully saturated rings. The first-order valence-corrected chi connectivity index (χ1v) is 8.29. The molecule has 128 valence electrons. The van der Waals surface area contributed by atoms with E-state index < -0.39 is 0 Å². The van der Waals surface area contributed by atoms with Crippen LogP contribution in [-0.4, -0.2) is 35.8 Å². The second-order valence-electron chi connectivity index (χ2n) is 4.80. The minimum absolute atomic E-state index is 0.129. The molecule has 8 heteroatoms. The Hall–Kier alpha value is -2.48. The zero-order valence-corrected chi connectivity index (χ0v) is 14.5. The summed E-state index contributed by atoms with van der Waals surface area (Å²) in [5.41, 5.74) is 1.08. The minimum atomic E-state index is -0.218. The summed E-state index contributed by atoms with van der Waals surface area (Å²) in [6.45, 7) is 1.92. The van der Waals surface area contributed by atoms with Gasteiger partial charge in [0.05, 0.1) is 20.0 Å². The van der Waals surface area contributed by atoms with Gasteiger partial charge in [-0.05, 0) is 18.6 Å². The molecule has 1 aromatic carbocycles. The van der Waals surface area contributed by atoms with Crippen LogP contribution in [0.25, 0.3) is 0 Å². The SMILES string of the molecule is CCc1cc(=O)[nH]c(SCC(=O)Nc2ccc(OC)c(OC)c2)n1. The number of carbonyl (C=O) groups is 1. The quantitative estimate of drug-likeness (QED) is 0.587. The van der Waals surface area contributed by atoms with Gasteiger partial charge in [-0.1, -0.05) is 18.7 Å². The van der Waals surface area contributed by atoms with E-state index in [2.05, 4.69) is 15.3 Å². The van der Waals surface area contributed by atoms with E-state index in [-0.39, 0.29) is 17.2 Å². The Morgan fingerprint density at radius 2 is 2.00 bits per heavy atom. The van der Waals surface area contributed by atoms with Crippen molar-refractivity contribution in [2.45, 2.75) is 18.5 Å². The van der Waals surface area contributed by atoms with Crippen molar-refractivity contribution in [3.8, 4) is 11.5 Å². The fourth-order valence-corrected chi connectivity index (χ4v) is 2.67. The average molecular weight is 349 g/mol. The number of methoxy groups -OCH3 is 2. The Morgan fingerprint density at radius 1 is 1.25 bits per heavy atom. The van der Waals surface area contributed by atoms with Crippen molar-refractivity contribution in [3.63, 3.8) is 0 Å². The van der Waals surface area contributed by atoms with Gasteiger partial charge in [-0.2, -0.15) is 0 Å². The second-order valence-corrected chi connectivity index (χ2v) is 5.77. The maximum Gasteiger partial charge on any atom is 0.251 e. The third-order valence-corrected chi connectivity index (χ3v) is 4.02. The van der Waals surface area contributed by atoms with Crippen LogP contribution in [-0.2, 0) is 11.2 Å². The highest BCUT2D eigenvalue weighted by molar-refractivity contribution is 7.99. The van der Waals surface area contributed by atoms with E-state index >= 15 is 0 Å². The van der Waals surface area contributed by atoms with Crippen molar-refractivity contribution in [3.05, 3.63) is 40.3 Å². The van der Waals surface area contributed by atoms with Crippen LogP contribution in [0, 0.1) is 0 Å².